The van der Waals surface area contributed by atoms with Gasteiger partial charge in [-0.3, -0.25) is 0 Å². The molecule has 0 aliphatic carbocycles. The predicted octanol–water partition coefficient (Wildman–Crippen LogP) is 3.87. The predicted molar refractivity (Wildman–Crippen MR) is 106 cm³/mol. The first kappa shape index (κ1) is 21.5. The Kier molecular flexibility index (Phi) is 6.48. The lowest BCUT2D eigenvalue weighted by Gasteiger charge is -2.21. The second-order valence-corrected chi connectivity index (χ2v) is 7.77. The molecule has 1 aromatic carbocycles. The van der Waals surface area contributed by atoms with Gasteiger partial charge in [0.2, 0.25) is 0 Å². The Morgan fingerprint density at radius 2 is 1.89 bits per heavy atom. The van der Waals surface area contributed by atoms with E-state index in [1.54, 1.807) is 32.9 Å². The highest BCUT2D eigenvalue weighted by atomic mass is 16.6. The number of benzene rings is 1. The Morgan fingerprint density at radius 1 is 1.21 bits per heavy atom. The van der Waals surface area contributed by atoms with Crippen LogP contribution in [0.15, 0.2) is 27.4 Å². The number of amides is 1. The Labute approximate surface area is 164 Å². The molecule has 0 unspecified atom stereocenters. The van der Waals surface area contributed by atoms with Crippen molar-refractivity contribution in [3.63, 3.8) is 0 Å². The Morgan fingerprint density at radius 3 is 2.50 bits per heavy atom. The molecule has 28 heavy (non-hydrogen) atoms. The summed E-state index contributed by atoms with van der Waals surface area (Å²) in [6, 6.07) is 3.94. The summed E-state index contributed by atoms with van der Waals surface area (Å²) in [5.74, 6) is -0.351. The quantitative estimate of drug-likeness (QED) is 0.474. The first-order valence-electron chi connectivity index (χ1n) is 9.28. The topological polar surface area (TPSA) is 94.8 Å². The zero-order valence-corrected chi connectivity index (χ0v) is 17.2. The zero-order chi connectivity index (χ0) is 21.1. The van der Waals surface area contributed by atoms with Crippen molar-refractivity contribution in [1.82, 2.24) is 5.32 Å². The first-order valence-corrected chi connectivity index (χ1v) is 9.28. The molecular formula is C21H27NO6. The van der Waals surface area contributed by atoms with E-state index in [4.69, 9.17) is 13.9 Å². The zero-order valence-electron chi connectivity index (χ0n) is 17.2. The number of fused-ring (bicyclic) bond motifs is 1. The van der Waals surface area contributed by atoms with E-state index in [-0.39, 0.29) is 0 Å². The van der Waals surface area contributed by atoms with Crippen LogP contribution in [0.2, 0.25) is 0 Å². The normalized spacial score (nSPS) is 12.5. The molecule has 0 saturated carbocycles. The van der Waals surface area contributed by atoms with E-state index < -0.39 is 29.3 Å². The maximum absolute atomic E-state index is 12.5. The average molecular weight is 389 g/mol. The van der Waals surface area contributed by atoms with E-state index in [2.05, 4.69) is 5.32 Å². The van der Waals surface area contributed by atoms with Crippen molar-refractivity contribution in [2.24, 2.45) is 0 Å². The number of nitrogens with one attached hydrogen (secondary N) is 1. The SMILES string of the molecule is CCCc1cc(=O)oc2cc(C)cc(OC(=O)[C@H](C)NC(=O)OC(C)(C)C)c12. The van der Waals surface area contributed by atoms with Crippen LogP contribution in [0.5, 0.6) is 5.75 Å². The van der Waals surface area contributed by atoms with Crippen molar-refractivity contribution in [2.75, 3.05) is 0 Å². The van der Waals surface area contributed by atoms with Crippen LogP contribution in [-0.2, 0) is 16.0 Å². The van der Waals surface area contributed by atoms with Crippen molar-refractivity contribution in [2.45, 2.75) is 66.0 Å². The molecule has 1 aromatic heterocycles. The Balaban J connectivity index is 2.31. The second-order valence-electron chi connectivity index (χ2n) is 7.77. The fourth-order valence-corrected chi connectivity index (χ4v) is 2.76. The Hall–Kier alpha value is -2.83. The fourth-order valence-electron chi connectivity index (χ4n) is 2.76. The summed E-state index contributed by atoms with van der Waals surface area (Å²) in [6.45, 7) is 10.5. The van der Waals surface area contributed by atoms with Crippen LogP contribution >= 0.6 is 0 Å². The first-order chi connectivity index (χ1) is 13.0. The summed E-state index contributed by atoms with van der Waals surface area (Å²) in [7, 11) is 0. The van der Waals surface area contributed by atoms with E-state index in [1.807, 2.05) is 13.8 Å². The van der Waals surface area contributed by atoms with Crippen molar-refractivity contribution >= 4 is 23.0 Å². The molecule has 1 N–H and O–H groups in total. The molecule has 0 aliphatic rings. The van der Waals surface area contributed by atoms with Gasteiger partial charge in [0.25, 0.3) is 0 Å². The van der Waals surface area contributed by atoms with Gasteiger partial charge in [0, 0.05) is 6.07 Å². The Bertz CT molecular complexity index is 938. The van der Waals surface area contributed by atoms with E-state index in [0.29, 0.717) is 23.1 Å². The number of carbonyl (C=O) groups excluding carboxylic acids is 2. The fraction of sp³-hybridized carbons (Fsp3) is 0.476. The third kappa shape index (κ3) is 5.58. The molecule has 0 radical (unpaired) electrons. The summed E-state index contributed by atoms with van der Waals surface area (Å²) >= 11 is 0. The maximum atomic E-state index is 12.5. The molecule has 0 spiro atoms. The van der Waals surface area contributed by atoms with Gasteiger partial charge in [0.15, 0.2) is 0 Å². The van der Waals surface area contributed by atoms with Gasteiger partial charge in [0.1, 0.15) is 23.0 Å². The number of hydrogen-bond acceptors (Lipinski definition) is 6. The van der Waals surface area contributed by atoms with Crippen LogP contribution in [0.25, 0.3) is 11.0 Å². The van der Waals surface area contributed by atoms with Gasteiger partial charge >= 0.3 is 17.7 Å². The summed E-state index contributed by atoms with van der Waals surface area (Å²) in [5, 5.41) is 3.05. The summed E-state index contributed by atoms with van der Waals surface area (Å²) in [4.78, 5) is 36.2. The summed E-state index contributed by atoms with van der Waals surface area (Å²) in [6.07, 6.45) is 0.751. The van der Waals surface area contributed by atoms with Gasteiger partial charge in [-0.15, -0.1) is 0 Å². The number of aryl methyl sites for hydroxylation is 2. The molecule has 2 rings (SSSR count). The van der Waals surface area contributed by atoms with Crippen LogP contribution in [0.1, 0.15) is 52.2 Å². The van der Waals surface area contributed by atoms with E-state index >= 15 is 0 Å². The molecule has 7 nitrogen and oxygen atoms in total. The molecule has 1 heterocycles. The highest BCUT2D eigenvalue weighted by molar-refractivity contribution is 5.91. The minimum atomic E-state index is -0.921. The number of ether oxygens (including phenoxy) is 2. The van der Waals surface area contributed by atoms with Gasteiger partial charge in [0.05, 0.1) is 5.39 Å². The number of carbonyl (C=O) groups is 2. The van der Waals surface area contributed by atoms with Gasteiger partial charge in [-0.05, 0) is 64.3 Å². The molecule has 0 bridgehead atoms. The number of esters is 1. The monoisotopic (exact) mass is 389 g/mol. The third-order valence-electron chi connectivity index (χ3n) is 3.85. The third-order valence-corrected chi connectivity index (χ3v) is 3.85. The summed E-state index contributed by atoms with van der Waals surface area (Å²) in [5.41, 5.74) is 0.780. The minimum Gasteiger partial charge on any atom is -0.444 e. The highest BCUT2D eigenvalue weighted by Crippen LogP contribution is 2.31. The van der Waals surface area contributed by atoms with Crippen LogP contribution in [0.3, 0.4) is 0 Å². The van der Waals surface area contributed by atoms with Gasteiger partial charge in [-0.2, -0.15) is 0 Å². The van der Waals surface area contributed by atoms with Crippen molar-refractivity contribution < 1.29 is 23.5 Å². The highest BCUT2D eigenvalue weighted by Gasteiger charge is 2.23. The molecule has 0 fully saturated rings. The van der Waals surface area contributed by atoms with Crippen LogP contribution in [0, 0.1) is 6.92 Å². The molecular weight excluding hydrogens is 362 g/mol. The lowest BCUT2D eigenvalue weighted by Crippen LogP contribution is -2.43. The number of hydrogen-bond donors (Lipinski definition) is 1. The molecule has 0 aliphatic heterocycles. The van der Waals surface area contributed by atoms with Crippen molar-refractivity contribution in [3.8, 4) is 5.75 Å². The van der Waals surface area contributed by atoms with Crippen molar-refractivity contribution in [3.05, 3.63) is 39.7 Å². The molecule has 1 atom stereocenters. The number of alkyl carbamates (subject to hydrolysis) is 1. The summed E-state index contributed by atoms with van der Waals surface area (Å²) < 4.78 is 16.0. The standard InChI is InChI=1S/C21H27NO6/c1-7-8-14-11-17(23)26-15-9-12(2)10-16(18(14)15)27-19(24)13(3)22-20(25)28-21(4,5)6/h9-11,13H,7-8H2,1-6H3,(H,22,25)/t13-/m0/s1. The van der Waals surface area contributed by atoms with Gasteiger partial charge in [-0.25, -0.2) is 14.4 Å². The van der Waals surface area contributed by atoms with Crippen LogP contribution in [0.4, 0.5) is 4.79 Å². The molecule has 0 saturated heterocycles. The largest absolute Gasteiger partial charge is 0.444 e. The van der Waals surface area contributed by atoms with Gasteiger partial charge < -0.3 is 19.2 Å². The minimum absolute atomic E-state index is 0.296. The molecule has 7 heteroatoms. The van der Waals surface area contributed by atoms with E-state index in [9.17, 15) is 14.4 Å². The molecule has 1 amide bonds. The maximum Gasteiger partial charge on any atom is 0.408 e. The number of rotatable bonds is 5. The van der Waals surface area contributed by atoms with Gasteiger partial charge in [-0.1, -0.05) is 13.3 Å². The smallest absolute Gasteiger partial charge is 0.408 e. The van der Waals surface area contributed by atoms with Crippen LogP contribution in [-0.4, -0.2) is 23.7 Å². The van der Waals surface area contributed by atoms with E-state index in [0.717, 1.165) is 17.5 Å². The molecule has 2 aromatic rings. The lowest BCUT2D eigenvalue weighted by molar-refractivity contribution is -0.136. The second kappa shape index (κ2) is 8.46. The lowest BCUT2D eigenvalue weighted by atomic mass is 10.0. The average Bonchev–Trinajstić information content (AvgIpc) is 2.51. The molecule has 152 valence electrons. The van der Waals surface area contributed by atoms with E-state index in [1.165, 1.54) is 13.0 Å². The van der Waals surface area contributed by atoms with Crippen LogP contribution < -0.4 is 15.7 Å². The van der Waals surface area contributed by atoms with Crippen molar-refractivity contribution in [1.29, 1.82) is 0 Å².